The maximum Gasteiger partial charge on any atom is 0.421 e. The lowest BCUT2D eigenvalue weighted by Gasteiger charge is -2.19. The molecular weight excluding hydrogens is 396 g/mol. The average Bonchev–Trinajstić information content (AvgIpc) is 3.24. The molecule has 2 aromatic carbocycles. The highest BCUT2D eigenvalue weighted by atomic mass is 19.4. The summed E-state index contributed by atoms with van der Waals surface area (Å²) in [4.78, 5) is 7.86. The highest BCUT2D eigenvalue weighted by molar-refractivity contribution is 5.66. The number of aromatic nitrogens is 2. The summed E-state index contributed by atoms with van der Waals surface area (Å²) < 4.78 is 53.8. The maximum atomic E-state index is 13.6. The molecule has 1 heterocycles. The molecule has 0 bridgehead atoms. The molecule has 0 amide bonds. The Morgan fingerprint density at radius 2 is 1.60 bits per heavy atom. The SMILES string of the molecule is Fc1ccc(Nc2ncc(C(F)(F)F)c(Nc3ccccc3C3CCCC3)n2)cc1. The number of para-hydroxylation sites is 1. The van der Waals surface area contributed by atoms with Crippen molar-refractivity contribution in [3.8, 4) is 0 Å². The van der Waals surface area contributed by atoms with E-state index in [4.69, 9.17) is 0 Å². The van der Waals surface area contributed by atoms with E-state index in [9.17, 15) is 17.6 Å². The van der Waals surface area contributed by atoms with Gasteiger partial charge in [0, 0.05) is 17.6 Å². The summed E-state index contributed by atoms with van der Waals surface area (Å²) in [6, 6.07) is 12.8. The van der Waals surface area contributed by atoms with Gasteiger partial charge in [-0.25, -0.2) is 9.37 Å². The first-order chi connectivity index (χ1) is 14.4. The zero-order chi connectivity index (χ0) is 21.1. The van der Waals surface area contributed by atoms with E-state index in [1.54, 1.807) is 12.1 Å². The number of hydrogen-bond acceptors (Lipinski definition) is 4. The van der Waals surface area contributed by atoms with Gasteiger partial charge in [0.15, 0.2) is 0 Å². The van der Waals surface area contributed by atoms with E-state index in [1.165, 1.54) is 24.3 Å². The summed E-state index contributed by atoms with van der Waals surface area (Å²) >= 11 is 0. The molecule has 156 valence electrons. The van der Waals surface area contributed by atoms with Gasteiger partial charge in [0.25, 0.3) is 0 Å². The molecule has 3 aromatic rings. The molecular formula is C22H20F4N4. The van der Waals surface area contributed by atoms with E-state index in [0.717, 1.165) is 37.4 Å². The van der Waals surface area contributed by atoms with Gasteiger partial charge in [-0.15, -0.1) is 0 Å². The minimum atomic E-state index is -4.61. The van der Waals surface area contributed by atoms with Crippen molar-refractivity contribution in [3.63, 3.8) is 0 Å². The second-order valence-corrected chi connectivity index (χ2v) is 7.28. The Balaban J connectivity index is 1.68. The fourth-order valence-electron chi connectivity index (χ4n) is 3.74. The third-order valence-electron chi connectivity index (χ3n) is 5.20. The van der Waals surface area contributed by atoms with Crippen LogP contribution in [0.5, 0.6) is 0 Å². The van der Waals surface area contributed by atoms with E-state index in [2.05, 4.69) is 20.6 Å². The molecule has 0 atom stereocenters. The fraction of sp³-hybridized carbons (Fsp3) is 0.273. The van der Waals surface area contributed by atoms with E-state index in [1.807, 2.05) is 12.1 Å². The van der Waals surface area contributed by atoms with Crippen molar-refractivity contribution in [2.75, 3.05) is 10.6 Å². The standard InChI is InChI=1S/C22H20F4N4/c23-15-9-11-16(12-10-15)28-21-27-13-18(22(24,25)26)20(30-21)29-19-8-4-3-7-17(19)14-5-1-2-6-14/h3-4,7-14H,1-2,5-6H2,(H2,27,28,29,30). The van der Waals surface area contributed by atoms with Gasteiger partial charge in [0.2, 0.25) is 5.95 Å². The summed E-state index contributed by atoms with van der Waals surface area (Å²) in [7, 11) is 0. The number of nitrogens with one attached hydrogen (secondary N) is 2. The first kappa shape index (κ1) is 20.1. The van der Waals surface area contributed by atoms with E-state index in [0.29, 0.717) is 17.3 Å². The molecule has 0 aliphatic heterocycles. The molecule has 1 saturated carbocycles. The lowest BCUT2D eigenvalue weighted by molar-refractivity contribution is -0.137. The van der Waals surface area contributed by atoms with Gasteiger partial charge in [-0.05, 0) is 54.7 Å². The van der Waals surface area contributed by atoms with Gasteiger partial charge in [-0.2, -0.15) is 18.2 Å². The van der Waals surface area contributed by atoms with Crippen LogP contribution in [0.4, 0.5) is 40.7 Å². The van der Waals surface area contributed by atoms with Crippen LogP contribution >= 0.6 is 0 Å². The Bertz CT molecular complexity index is 1010. The van der Waals surface area contributed by atoms with Crippen molar-refractivity contribution in [3.05, 3.63) is 71.7 Å². The number of halogens is 4. The molecule has 4 nitrogen and oxygen atoms in total. The van der Waals surface area contributed by atoms with Crippen LogP contribution in [0, 0.1) is 5.82 Å². The molecule has 4 rings (SSSR count). The highest BCUT2D eigenvalue weighted by Crippen LogP contribution is 2.40. The van der Waals surface area contributed by atoms with E-state index >= 15 is 0 Å². The Labute approximate surface area is 171 Å². The van der Waals surface area contributed by atoms with Crippen LogP contribution in [0.15, 0.2) is 54.7 Å². The van der Waals surface area contributed by atoms with Crippen molar-refractivity contribution in [1.82, 2.24) is 9.97 Å². The van der Waals surface area contributed by atoms with Crippen molar-refractivity contribution in [2.45, 2.75) is 37.8 Å². The molecule has 1 aliphatic rings. The van der Waals surface area contributed by atoms with Crippen LogP contribution in [0.2, 0.25) is 0 Å². The van der Waals surface area contributed by atoms with Gasteiger partial charge < -0.3 is 10.6 Å². The van der Waals surface area contributed by atoms with Crippen LogP contribution in [-0.2, 0) is 6.18 Å². The first-order valence-electron chi connectivity index (χ1n) is 9.73. The number of hydrogen-bond donors (Lipinski definition) is 2. The highest BCUT2D eigenvalue weighted by Gasteiger charge is 2.35. The molecule has 0 spiro atoms. The summed E-state index contributed by atoms with van der Waals surface area (Å²) in [5, 5.41) is 5.70. The van der Waals surface area contributed by atoms with Gasteiger partial charge >= 0.3 is 6.18 Å². The van der Waals surface area contributed by atoms with Crippen LogP contribution in [0.1, 0.15) is 42.7 Å². The maximum absolute atomic E-state index is 13.6. The van der Waals surface area contributed by atoms with Gasteiger partial charge in [0.05, 0.1) is 0 Å². The Morgan fingerprint density at radius 1 is 0.900 bits per heavy atom. The van der Waals surface area contributed by atoms with Gasteiger partial charge in [-0.1, -0.05) is 31.0 Å². The molecule has 0 radical (unpaired) electrons. The fourth-order valence-corrected chi connectivity index (χ4v) is 3.74. The second kappa shape index (κ2) is 8.30. The number of anilines is 4. The predicted molar refractivity (Wildman–Crippen MR) is 108 cm³/mol. The molecule has 1 aromatic heterocycles. The summed E-state index contributed by atoms with van der Waals surface area (Å²) in [5.41, 5.74) is 1.12. The topological polar surface area (TPSA) is 49.8 Å². The summed E-state index contributed by atoms with van der Waals surface area (Å²) in [6.07, 6.45) is 0.411. The lowest BCUT2D eigenvalue weighted by atomic mass is 9.96. The number of benzene rings is 2. The Kier molecular flexibility index (Phi) is 5.57. The second-order valence-electron chi connectivity index (χ2n) is 7.28. The third-order valence-corrected chi connectivity index (χ3v) is 5.20. The smallest absolute Gasteiger partial charge is 0.339 e. The molecule has 1 aliphatic carbocycles. The summed E-state index contributed by atoms with van der Waals surface area (Å²) in [6.45, 7) is 0. The van der Waals surface area contributed by atoms with Crippen molar-refractivity contribution in [2.24, 2.45) is 0 Å². The van der Waals surface area contributed by atoms with Crippen molar-refractivity contribution >= 4 is 23.1 Å². The van der Waals surface area contributed by atoms with E-state index in [-0.39, 0.29) is 11.8 Å². The number of rotatable bonds is 5. The molecule has 8 heteroatoms. The van der Waals surface area contributed by atoms with Crippen molar-refractivity contribution in [1.29, 1.82) is 0 Å². The quantitative estimate of drug-likeness (QED) is 0.450. The first-order valence-corrected chi connectivity index (χ1v) is 9.73. The monoisotopic (exact) mass is 416 g/mol. The normalized spacial score (nSPS) is 14.7. The third kappa shape index (κ3) is 4.53. The number of nitrogens with zero attached hydrogens (tertiary/aromatic N) is 2. The van der Waals surface area contributed by atoms with Gasteiger partial charge in [0.1, 0.15) is 17.2 Å². The molecule has 1 fully saturated rings. The van der Waals surface area contributed by atoms with Crippen LogP contribution < -0.4 is 10.6 Å². The zero-order valence-corrected chi connectivity index (χ0v) is 16.0. The van der Waals surface area contributed by atoms with E-state index < -0.39 is 17.6 Å². The van der Waals surface area contributed by atoms with Crippen LogP contribution in [-0.4, -0.2) is 9.97 Å². The van der Waals surface area contributed by atoms with Crippen LogP contribution in [0.25, 0.3) is 0 Å². The molecule has 0 unspecified atom stereocenters. The minimum Gasteiger partial charge on any atom is -0.339 e. The van der Waals surface area contributed by atoms with Crippen LogP contribution in [0.3, 0.4) is 0 Å². The summed E-state index contributed by atoms with van der Waals surface area (Å²) in [5.74, 6) is -0.440. The zero-order valence-electron chi connectivity index (χ0n) is 16.0. The predicted octanol–water partition coefficient (Wildman–Crippen LogP) is 6.78. The molecule has 2 N–H and O–H groups in total. The minimum absolute atomic E-state index is 0.0181. The van der Waals surface area contributed by atoms with Crippen molar-refractivity contribution < 1.29 is 17.6 Å². The molecule has 30 heavy (non-hydrogen) atoms. The number of alkyl halides is 3. The lowest BCUT2D eigenvalue weighted by Crippen LogP contribution is -2.13. The molecule has 0 saturated heterocycles. The Hall–Kier alpha value is -3.16. The Morgan fingerprint density at radius 3 is 2.30 bits per heavy atom. The largest absolute Gasteiger partial charge is 0.421 e. The average molecular weight is 416 g/mol. The van der Waals surface area contributed by atoms with Gasteiger partial charge in [-0.3, -0.25) is 0 Å².